The van der Waals surface area contributed by atoms with E-state index in [-0.39, 0.29) is 11.8 Å². The minimum Gasteiger partial charge on any atom is -0.357 e. The van der Waals surface area contributed by atoms with Crippen LogP contribution >= 0.6 is 11.3 Å². The molecule has 0 radical (unpaired) electrons. The van der Waals surface area contributed by atoms with Gasteiger partial charge in [0.2, 0.25) is 5.91 Å². The van der Waals surface area contributed by atoms with Crippen molar-refractivity contribution in [3.8, 4) is 0 Å². The van der Waals surface area contributed by atoms with Crippen LogP contribution in [0.2, 0.25) is 0 Å². The second-order valence-electron chi connectivity index (χ2n) is 9.44. The van der Waals surface area contributed by atoms with Crippen LogP contribution in [0.4, 0.5) is 24.1 Å². The number of hydrogen-bond donors (Lipinski definition) is 1. The van der Waals surface area contributed by atoms with E-state index in [0.717, 1.165) is 37.6 Å². The molecule has 180 valence electrons. The van der Waals surface area contributed by atoms with Crippen molar-refractivity contribution in [2.24, 2.45) is 17.8 Å². The number of carbonyl (C=O) groups excluding carboxylic acids is 1. The van der Waals surface area contributed by atoms with Gasteiger partial charge in [0, 0.05) is 50.2 Å². The summed E-state index contributed by atoms with van der Waals surface area (Å²) in [5.74, 6) is 1.70. The normalized spacial score (nSPS) is 23.0. The Balaban J connectivity index is 1.26. The Morgan fingerprint density at radius 3 is 2.48 bits per heavy atom. The molecule has 1 amide bonds. The number of hydrogen-bond acceptors (Lipinski definition) is 6. The van der Waals surface area contributed by atoms with E-state index in [4.69, 9.17) is 0 Å². The molecule has 2 aliphatic rings. The summed E-state index contributed by atoms with van der Waals surface area (Å²) in [7, 11) is 0. The molecule has 2 fully saturated rings. The molecule has 0 aliphatic carbocycles. The summed E-state index contributed by atoms with van der Waals surface area (Å²) in [6.07, 6.45) is -1.02. The minimum absolute atomic E-state index is 0.0452. The molecule has 2 unspecified atom stereocenters. The highest BCUT2D eigenvalue weighted by molar-refractivity contribution is 7.13. The first-order valence-corrected chi connectivity index (χ1v) is 12.3. The predicted octanol–water partition coefficient (Wildman–Crippen LogP) is 4.89. The molecule has 1 N–H and O–H groups in total. The van der Waals surface area contributed by atoms with Gasteiger partial charge in [-0.2, -0.15) is 13.2 Å². The standard InChI is InChI=1S/C23H30F3N5OS/c1-15-9-16(2)12-30(11-15)13-19-14-33-22(28-19)29-21(32)17-5-7-31(8-6-17)20-4-3-18(10-27-20)23(24,25)26/h3-4,10,14-17H,5-9,11-13H2,1-2H3,(H,28,29,32). The Bertz CT molecular complexity index is 930. The van der Waals surface area contributed by atoms with Crippen molar-refractivity contribution >= 4 is 28.2 Å². The number of nitrogens with one attached hydrogen (secondary N) is 1. The van der Waals surface area contributed by atoms with Crippen molar-refractivity contribution < 1.29 is 18.0 Å². The lowest BCUT2D eigenvalue weighted by Crippen LogP contribution is -2.38. The average Bonchev–Trinajstić information content (AvgIpc) is 3.19. The number of thiazole rings is 1. The van der Waals surface area contributed by atoms with Crippen molar-refractivity contribution in [3.05, 3.63) is 35.0 Å². The van der Waals surface area contributed by atoms with Gasteiger partial charge in [0.25, 0.3) is 0 Å². The van der Waals surface area contributed by atoms with Gasteiger partial charge in [0.05, 0.1) is 11.3 Å². The SMILES string of the molecule is CC1CC(C)CN(Cc2csc(NC(=O)C3CCN(c4ccc(C(F)(F)F)cn4)CC3)n2)C1. The van der Waals surface area contributed by atoms with Crippen molar-refractivity contribution in [2.75, 3.05) is 36.4 Å². The van der Waals surface area contributed by atoms with E-state index < -0.39 is 11.7 Å². The largest absolute Gasteiger partial charge is 0.417 e. The number of nitrogens with zero attached hydrogens (tertiary/aromatic N) is 4. The van der Waals surface area contributed by atoms with Crippen molar-refractivity contribution in [1.82, 2.24) is 14.9 Å². The number of carbonyl (C=O) groups is 1. The number of likely N-dealkylation sites (tertiary alicyclic amines) is 1. The molecule has 2 atom stereocenters. The topological polar surface area (TPSA) is 61.4 Å². The summed E-state index contributed by atoms with van der Waals surface area (Å²) in [4.78, 5) is 25.7. The van der Waals surface area contributed by atoms with Crippen LogP contribution in [0.5, 0.6) is 0 Å². The van der Waals surface area contributed by atoms with E-state index in [1.165, 1.54) is 23.8 Å². The number of amides is 1. The van der Waals surface area contributed by atoms with Gasteiger partial charge in [-0.3, -0.25) is 9.69 Å². The summed E-state index contributed by atoms with van der Waals surface area (Å²) in [6, 6.07) is 2.44. The van der Waals surface area contributed by atoms with Crippen molar-refractivity contribution in [1.29, 1.82) is 0 Å². The quantitative estimate of drug-likeness (QED) is 0.659. The molecule has 0 aromatic carbocycles. The number of alkyl halides is 3. The van der Waals surface area contributed by atoms with Gasteiger partial charge in [-0.05, 0) is 43.2 Å². The first kappa shape index (κ1) is 23.9. The first-order chi connectivity index (χ1) is 15.7. The van der Waals surface area contributed by atoms with Crippen LogP contribution in [0, 0.1) is 17.8 Å². The summed E-state index contributed by atoms with van der Waals surface area (Å²) in [5.41, 5.74) is 0.229. The number of anilines is 2. The smallest absolute Gasteiger partial charge is 0.357 e. The highest BCUT2D eigenvalue weighted by Crippen LogP contribution is 2.30. The maximum atomic E-state index is 12.7. The predicted molar refractivity (Wildman–Crippen MR) is 123 cm³/mol. The van der Waals surface area contributed by atoms with Gasteiger partial charge in [0.1, 0.15) is 5.82 Å². The Hall–Kier alpha value is -2.20. The molecule has 2 saturated heterocycles. The van der Waals surface area contributed by atoms with E-state index in [1.54, 1.807) is 0 Å². The molecule has 2 aromatic rings. The lowest BCUT2D eigenvalue weighted by molar-refractivity contribution is -0.137. The summed E-state index contributed by atoms with van der Waals surface area (Å²) in [6.45, 7) is 8.68. The highest BCUT2D eigenvalue weighted by atomic mass is 32.1. The maximum absolute atomic E-state index is 12.7. The highest BCUT2D eigenvalue weighted by Gasteiger charge is 2.31. The molecule has 33 heavy (non-hydrogen) atoms. The summed E-state index contributed by atoms with van der Waals surface area (Å²) >= 11 is 1.45. The molecular formula is C23H30F3N5OS. The van der Waals surface area contributed by atoms with Gasteiger partial charge in [-0.1, -0.05) is 13.8 Å². The van der Waals surface area contributed by atoms with Crippen molar-refractivity contribution in [2.45, 2.75) is 45.8 Å². The van der Waals surface area contributed by atoms with Gasteiger partial charge < -0.3 is 10.2 Å². The van der Waals surface area contributed by atoms with Crippen LogP contribution in [0.15, 0.2) is 23.7 Å². The lowest BCUT2D eigenvalue weighted by Gasteiger charge is -2.34. The van der Waals surface area contributed by atoms with Crippen LogP contribution in [-0.4, -0.2) is 47.0 Å². The Labute approximate surface area is 196 Å². The van der Waals surface area contributed by atoms with E-state index >= 15 is 0 Å². The van der Waals surface area contributed by atoms with Crippen LogP contribution < -0.4 is 10.2 Å². The Morgan fingerprint density at radius 2 is 1.88 bits per heavy atom. The molecule has 10 heteroatoms. The summed E-state index contributed by atoms with van der Waals surface area (Å²) < 4.78 is 38.2. The van der Waals surface area contributed by atoms with Gasteiger partial charge in [0.15, 0.2) is 5.13 Å². The van der Waals surface area contributed by atoms with E-state index in [0.29, 0.717) is 48.7 Å². The van der Waals surface area contributed by atoms with E-state index in [1.807, 2.05) is 10.3 Å². The van der Waals surface area contributed by atoms with E-state index in [2.05, 4.69) is 34.0 Å². The van der Waals surface area contributed by atoms with Gasteiger partial charge >= 0.3 is 6.18 Å². The molecule has 6 nitrogen and oxygen atoms in total. The molecule has 4 rings (SSSR count). The third kappa shape index (κ3) is 6.23. The monoisotopic (exact) mass is 481 g/mol. The average molecular weight is 482 g/mol. The van der Waals surface area contributed by atoms with Crippen LogP contribution in [0.3, 0.4) is 0 Å². The van der Waals surface area contributed by atoms with Gasteiger partial charge in [-0.15, -0.1) is 11.3 Å². The fourth-order valence-corrected chi connectivity index (χ4v) is 5.61. The fraction of sp³-hybridized carbons (Fsp3) is 0.609. The lowest BCUT2D eigenvalue weighted by atomic mass is 9.92. The molecule has 2 aliphatic heterocycles. The number of pyridine rings is 1. The Kier molecular flexibility index (Phi) is 7.23. The zero-order valence-electron chi connectivity index (χ0n) is 18.9. The Morgan fingerprint density at radius 1 is 1.18 bits per heavy atom. The number of aromatic nitrogens is 2. The molecule has 4 heterocycles. The second-order valence-corrected chi connectivity index (χ2v) is 10.3. The number of piperidine rings is 2. The van der Waals surface area contributed by atoms with Crippen LogP contribution in [0.25, 0.3) is 0 Å². The molecule has 0 spiro atoms. The molecule has 0 saturated carbocycles. The minimum atomic E-state index is -4.39. The van der Waals surface area contributed by atoms with E-state index in [9.17, 15) is 18.0 Å². The molecule has 2 aromatic heterocycles. The maximum Gasteiger partial charge on any atom is 0.417 e. The third-order valence-corrected chi connectivity index (χ3v) is 7.18. The third-order valence-electron chi connectivity index (χ3n) is 6.38. The number of rotatable bonds is 5. The first-order valence-electron chi connectivity index (χ1n) is 11.4. The van der Waals surface area contributed by atoms with Crippen molar-refractivity contribution in [3.63, 3.8) is 0 Å². The fourth-order valence-electron chi connectivity index (χ4n) is 4.91. The summed E-state index contributed by atoms with van der Waals surface area (Å²) in [5, 5.41) is 5.59. The van der Waals surface area contributed by atoms with Crippen LogP contribution in [0.1, 0.15) is 44.4 Å². The zero-order chi connectivity index (χ0) is 23.6. The number of halogens is 3. The second kappa shape index (κ2) is 9.97. The molecular weight excluding hydrogens is 451 g/mol. The molecule has 0 bridgehead atoms. The van der Waals surface area contributed by atoms with Crippen LogP contribution in [-0.2, 0) is 17.5 Å². The zero-order valence-corrected chi connectivity index (χ0v) is 19.8. The van der Waals surface area contributed by atoms with Gasteiger partial charge in [-0.25, -0.2) is 9.97 Å².